The summed E-state index contributed by atoms with van der Waals surface area (Å²) in [5, 5.41) is 12.4. The zero-order valence-electron chi connectivity index (χ0n) is 17.7. The summed E-state index contributed by atoms with van der Waals surface area (Å²) in [5.41, 5.74) is 4.00. The van der Waals surface area contributed by atoms with Crippen LogP contribution in [0.4, 0.5) is 5.69 Å². The van der Waals surface area contributed by atoms with Crippen molar-refractivity contribution < 1.29 is 14.3 Å². The predicted octanol–water partition coefficient (Wildman–Crippen LogP) is 6.36. The molecule has 30 heavy (non-hydrogen) atoms. The highest BCUT2D eigenvalue weighted by Gasteiger charge is 2.15. The van der Waals surface area contributed by atoms with Crippen molar-refractivity contribution in [1.29, 1.82) is 0 Å². The zero-order chi connectivity index (χ0) is 21.3. The van der Waals surface area contributed by atoms with Crippen molar-refractivity contribution in [2.75, 3.05) is 6.61 Å². The molecule has 0 saturated carbocycles. The van der Waals surface area contributed by atoms with Crippen molar-refractivity contribution in [2.24, 2.45) is 4.99 Å². The first-order chi connectivity index (χ1) is 14.5. The molecular formula is C26H25NO3. The summed E-state index contributed by atoms with van der Waals surface area (Å²) < 4.78 is 12.0. The predicted molar refractivity (Wildman–Crippen MR) is 120 cm³/mol. The van der Waals surface area contributed by atoms with Gasteiger partial charge in [0.15, 0.2) is 0 Å². The molecule has 0 aliphatic carbocycles. The summed E-state index contributed by atoms with van der Waals surface area (Å²) in [5.74, 6) is 2.61. The fraction of sp³-hybridized carbons (Fsp3) is 0.192. The fourth-order valence-electron chi connectivity index (χ4n) is 3.70. The molecule has 0 aliphatic rings. The third kappa shape index (κ3) is 3.81. The molecule has 0 fully saturated rings. The first-order valence-corrected chi connectivity index (χ1v) is 10.1. The Bertz CT molecular complexity index is 1270. The number of ether oxygens (including phenoxy) is 1. The van der Waals surface area contributed by atoms with Crippen LogP contribution in [0.2, 0.25) is 0 Å². The minimum atomic E-state index is 0.234. The lowest BCUT2D eigenvalue weighted by atomic mass is 10.1. The molecule has 0 atom stereocenters. The molecule has 3 aromatic carbocycles. The van der Waals surface area contributed by atoms with Gasteiger partial charge in [-0.1, -0.05) is 29.8 Å². The Hall–Kier alpha value is -3.53. The molecule has 4 heteroatoms. The van der Waals surface area contributed by atoms with Gasteiger partial charge in [0.1, 0.15) is 23.0 Å². The molecule has 0 radical (unpaired) electrons. The Kier molecular flexibility index (Phi) is 5.32. The topological polar surface area (TPSA) is 55.0 Å². The number of rotatable bonds is 4. The summed E-state index contributed by atoms with van der Waals surface area (Å²) in [7, 11) is 0. The van der Waals surface area contributed by atoms with E-state index in [9.17, 15) is 5.11 Å². The Morgan fingerprint density at radius 1 is 0.833 bits per heavy atom. The van der Waals surface area contributed by atoms with Crippen LogP contribution in [0.25, 0.3) is 21.9 Å². The molecule has 4 nitrogen and oxygen atoms in total. The van der Waals surface area contributed by atoms with E-state index in [2.05, 4.69) is 25.1 Å². The first kappa shape index (κ1) is 19.8. The van der Waals surface area contributed by atoms with Crippen LogP contribution in [0, 0.1) is 20.8 Å². The van der Waals surface area contributed by atoms with Gasteiger partial charge in [0.2, 0.25) is 0 Å². The third-order valence-corrected chi connectivity index (χ3v) is 5.13. The lowest BCUT2D eigenvalue weighted by molar-refractivity contribution is 0.344. The number of phenolic OH excluding ortho intramolecular Hbond substituents is 1. The molecule has 0 spiro atoms. The van der Waals surface area contributed by atoms with E-state index < -0.39 is 0 Å². The maximum Gasteiger partial charge on any atom is 0.131 e. The van der Waals surface area contributed by atoms with E-state index in [1.807, 2.05) is 51.1 Å². The second-order valence-electron chi connectivity index (χ2n) is 7.39. The number of aryl methyl sites for hydroxylation is 3. The van der Waals surface area contributed by atoms with Crippen molar-refractivity contribution in [3.05, 3.63) is 83.1 Å². The van der Waals surface area contributed by atoms with Gasteiger partial charge in [-0.15, -0.1) is 0 Å². The normalized spacial score (nSPS) is 11.8. The van der Waals surface area contributed by atoms with Gasteiger partial charge in [0, 0.05) is 0 Å². The Morgan fingerprint density at radius 2 is 1.50 bits per heavy atom. The number of nitrogens with zero attached hydrogens (tertiary/aromatic N) is 1. The maximum atomic E-state index is 9.70. The van der Waals surface area contributed by atoms with Crippen LogP contribution < -0.4 is 10.1 Å². The van der Waals surface area contributed by atoms with Gasteiger partial charge >= 0.3 is 0 Å². The fourth-order valence-corrected chi connectivity index (χ4v) is 3.70. The number of phenols is 1. The summed E-state index contributed by atoms with van der Waals surface area (Å²) in [4.78, 5) is 4.96. The van der Waals surface area contributed by atoms with E-state index >= 15 is 0 Å². The van der Waals surface area contributed by atoms with Crippen molar-refractivity contribution >= 4 is 16.5 Å². The van der Waals surface area contributed by atoms with Crippen molar-refractivity contribution in [1.82, 2.24) is 0 Å². The smallest absolute Gasteiger partial charge is 0.131 e. The van der Waals surface area contributed by atoms with Crippen LogP contribution in [0.15, 0.2) is 70.1 Å². The number of hydrogen-bond acceptors (Lipinski definition) is 4. The second-order valence-corrected chi connectivity index (χ2v) is 7.39. The molecule has 4 aromatic rings. The summed E-state index contributed by atoms with van der Waals surface area (Å²) >= 11 is 0. The molecule has 1 N–H and O–H groups in total. The Balaban J connectivity index is 2.11. The van der Waals surface area contributed by atoms with Gasteiger partial charge in [-0.25, -0.2) is 4.99 Å². The quantitative estimate of drug-likeness (QED) is 0.434. The van der Waals surface area contributed by atoms with Gasteiger partial charge in [0.05, 0.1) is 28.4 Å². The average molecular weight is 399 g/mol. The number of fused-ring (bicyclic) bond motifs is 1. The molecule has 0 unspecified atom stereocenters. The number of furan rings is 1. The third-order valence-electron chi connectivity index (χ3n) is 5.13. The zero-order valence-corrected chi connectivity index (χ0v) is 17.7. The highest BCUT2D eigenvalue weighted by atomic mass is 16.5. The van der Waals surface area contributed by atoms with Crippen LogP contribution in [0.3, 0.4) is 0 Å². The van der Waals surface area contributed by atoms with Gasteiger partial charge < -0.3 is 14.3 Å². The molecule has 0 aliphatic heterocycles. The standard InChI is InChI=1S/C26H25NO3/c1-5-29-24-15-20(19-8-12-22(28)13-9-19)14-23(25-17(3)30-18(4)26(24)25)27-21-10-6-16(2)7-11-21/h6-15,28H,5H2,1-4H3. The minimum absolute atomic E-state index is 0.234. The van der Waals surface area contributed by atoms with Crippen molar-refractivity contribution in [2.45, 2.75) is 27.7 Å². The molecule has 152 valence electrons. The molecule has 1 aromatic heterocycles. The second kappa shape index (κ2) is 8.07. The van der Waals surface area contributed by atoms with Gasteiger partial charge in [-0.3, -0.25) is 0 Å². The summed E-state index contributed by atoms with van der Waals surface area (Å²) in [6, 6.07) is 19.4. The number of benzene rings is 2. The lowest BCUT2D eigenvalue weighted by Gasteiger charge is -2.04. The molecule has 0 saturated heterocycles. The average Bonchev–Trinajstić information content (AvgIpc) is 2.92. The summed E-state index contributed by atoms with van der Waals surface area (Å²) in [6.07, 6.45) is 0. The summed E-state index contributed by atoms with van der Waals surface area (Å²) in [6.45, 7) is 8.49. The van der Waals surface area contributed by atoms with Gasteiger partial charge in [-0.2, -0.15) is 0 Å². The van der Waals surface area contributed by atoms with E-state index in [1.165, 1.54) is 5.56 Å². The number of aromatic hydroxyl groups is 1. The van der Waals surface area contributed by atoms with Crippen LogP contribution in [-0.4, -0.2) is 11.7 Å². The highest BCUT2D eigenvalue weighted by Crippen LogP contribution is 2.34. The SMILES string of the molecule is CCOc1cc(-c2ccc(O)cc2)cc(=Nc2ccc(C)cc2)c2c(C)oc(C)c12. The number of hydrogen-bond donors (Lipinski definition) is 1. The highest BCUT2D eigenvalue weighted by molar-refractivity contribution is 5.93. The van der Waals surface area contributed by atoms with E-state index in [4.69, 9.17) is 14.1 Å². The minimum Gasteiger partial charge on any atom is -0.508 e. The molecule has 0 amide bonds. The Morgan fingerprint density at radius 3 is 2.17 bits per heavy atom. The van der Waals surface area contributed by atoms with Gasteiger partial charge in [-0.05, 0) is 75.2 Å². The van der Waals surface area contributed by atoms with Crippen LogP contribution in [-0.2, 0) is 0 Å². The molecule has 1 heterocycles. The van der Waals surface area contributed by atoms with Crippen LogP contribution in [0.1, 0.15) is 24.0 Å². The van der Waals surface area contributed by atoms with E-state index in [-0.39, 0.29) is 5.75 Å². The maximum absolute atomic E-state index is 9.70. The lowest BCUT2D eigenvalue weighted by Crippen LogP contribution is -2.00. The van der Waals surface area contributed by atoms with E-state index in [1.54, 1.807) is 12.1 Å². The van der Waals surface area contributed by atoms with Crippen LogP contribution >= 0.6 is 0 Å². The monoisotopic (exact) mass is 399 g/mol. The van der Waals surface area contributed by atoms with E-state index in [0.717, 1.165) is 50.2 Å². The van der Waals surface area contributed by atoms with Crippen molar-refractivity contribution in [3.8, 4) is 22.6 Å². The molecule has 0 bridgehead atoms. The largest absolute Gasteiger partial charge is 0.508 e. The van der Waals surface area contributed by atoms with Gasteiger partial charge in [0.25, 0.3) is 0 Å². The van der Waals surface area contributed by atoms with Crippen molar-refractivity contribution in [3.63, 3.8) is 0 Å². The Labute approximate surface area is 176 Å². The molecular weight excluding hydrogens is 374 g/mol. The van der Waals surface area contributed by atoms with Crippen LogP contribution in [0.5, 0.6) is 11.5 Å². The molecule has 4 rings (SSSR count). The van der Waals surface area contributed by atoms with E-state index in [0.29, 0.717) is 6.61 Å². The first-order valence-electron chi connectivity index (χ1n) is 10.1.